The first-order valence-electron chi connectivity index (χ1n) is 4.94. The highest BCUT2D eigenvalue weighted by Crippen LogP contribution is 2.07. The lowest BCUT2D eigenvalue weighted by Crippen LogP contribution is -2.22. The maximum atomic E-state index is 13.2. The van der Waals surface area contributed by atoms with Crippen LogP contribution in [0.4, 0.5) is 4.39 Å². The van der Waals surface area contributed by atoms with E-state index in [1.54, 1.807) is 18.2 Å². The van der Waals surface area contributed by atoms with Crippen molar-refractivity contribution in [2.24, 2.45) is 0 Å². The third-order valence-corrected chi connectivity index (χ3v) is 1.88. The van der Waals surface area contributed by atoms with Crippen LogP contribution in [0.5, 0.6) is 0 Å². The monoisotopic (exact) mass is 219 g/mol. The molecular formula is C13H14FNO. The lowest BCUT2D eigenvalue weighted by Gasteiger charge is -2.00. The minimum atomic E-state index is -0.341. The van der Waals surface area contributed by atoms with Crippen LogP contribution in [0.2, 0.25) is 0 Å². The maximum Gasteiger partial charge on any atom is 0.244 e. The van der Waals surface area contributed by atoms with Gasteiger partial charge >= 0.3 is 0 Å². The van der Waals surface area contributed by atoms with Crippen LogP contribution in [-0.2, 0) is 4.79 Å². The van der Waals surface area contributed by atoms with Crippen molar-refractivity contribution in [1.29, 1.82) is 0 Å². The van der Waals surface area contributed by atoms with E-state index in [1.165, 1.54) is 18.2 Å². The Labute approximate surface area is 94.5 Å². The Balaban J connectivity index is 2.57. The summed E-state index contributed by atoms with van der Waals surface area (Å²) >= 11 is 0. The topological polar surface area (TPSA) is 29.1 Å². The molecule has 1 rings (SSSR count). The summed E-state index contributed by atoms with van der Waals surface area (Å²) in [5.74, 6) is -0.599. The van der Waals surface area contributed by atoms with Gasteiger partial charge in [-0.1, -0.05) is 30.4 Å². The Morgan fingerprint density at radius 1 is 1.50 bits per heavy atom. The highest BCUT2D eigenvalue weighted by molar-refractivity contribution is 5.91. The molecule has 0 radical (unpaired) electrons. The zero-order valence-corrected chi connectivity index (χ0v) is 9.16. The van der Waals surface area contributed by atoms with Gasteiger partial charge in [0.15, 0.2) is 0 Å². The Bertz CT molecular complexity index is 424. The second kappa shape index (κ2) is 5.85. The van der Waals surface area contributed by atoms with Gasteiger partial charge in [-0.15, -0.1) is 0 Å². The zero-order chi connectivity index (χ0) is 12.0. The van der Waals surface area contributed by atoms with Crippen molar-refractivity contribution in [2.45, 2.75) is 6.92 Å². The average Bonchev–Trinajstić information content (AvgIpc) is 2.25. The summed E-state index contributed by atoms with van der Waals surface area (Å²) in [5, 5.41) is 2.62. The minimum Gasteiger partial charge on any atom is -0.349 e. The molecule has 0 aliphatic heterocycles. The third kappa shape index (κ3) is 4.09. The summed E-state index contributed by atoms with van der Waals surface area (Å²) in [6, 6.07) is 6.28. The first-order chi connectivity index (χ1) is 7.59. The van der Waals surface area contributed by atoms with Gasteiger partial charge in [0.2, 0.25) is 5.91 Å². The van der Waals surface area contributed by atoms with Crippen molar-refractivity contribution in [3.05, 3.63) is 53.9 Å². The largest absolute Gasteiger partial charge is 0.349 e. The molecule has 0 aromatic heterocycles. The molecule has 84 valence electrons. The molecule has 2 nitrogen and oxygen atoms in total. The van der Waals surface area contributed by atoms with Gasteiger partial charge in [0, 0.05) is 18.2 Å². The normalized spacial score (nSPS) is 10.4. The molecule has 0 saturated carbocycles. The molecule has 0 spiro atoms. The number of hydrogen-bond donors (Lipinski definition) is 1. The molecule has 0 atom stereocenters. The van der Waals surface area contributed by atoms with Crippen molar-refractivity contribution in [1.82, 2.24) is 5.32 Å². The lowest BCUT2D eigenvalue weighted by molar-refractivity contribution is -0.116. The van der Waals surface area contributed by atoms with Crippen molar-refractivity contribution in [2.75, 3.05) is 6.54 Å². The molecule has 0 saturated heterocycles. The van der Waals surface area contributed by atoms with E-state index in [4.69, 9.17) is 0 Å². The van der Waals surface area contributed by atoms with Gasteiger partial charge in [-0.25, -0.2) is 4.39 Å². The highest BCUT2D eigenvalue weighted by atomic mass is 19.1. The second-order valence-corrected chi connectivity index (χ2v) is 3.53. The Hall–Kier alpha value is -1.90. The molecule has 0 aliphatic rings. The standard InChI is InChI=1S/C13H14FNO/c1-10(2)9-15-13(16)8-7-11-5-3-4-6-12(11)14/h3-8H,1,9H2,2H3,(H,15,16)/b8-7+. The number of carbonyl (C=O) groups excluding carboxylic acids is 1. The molecule has 1 N–H and O–H groups in total. The quantitative estimate of drug-likeness (QED) is 0.612. The molecule has 16 heavy (non-hydrogen) atoms. The Kier molecular flexibility index (Phi) is 4.45. The van der Waals surface area contributed by atoms with Gasteiger partial charge in [-0.05, 0) is 19.1 Å². The van der Waals surface area contributed by atoms with E-state index in [9.17, 15) is 9.18 Å². The Morgan fingerprint density at radius 3 is 2.81 bits per heavy atom. The van der Waals surface area contributed by atoms with Crippen molar-refractivity contribution in [3.8, 4) is 0 Å². The number of carbonyl (C=O) groups is 1. The molecular weight excluding hydrogens is 205 g/mol. The van der Waals surface area contributed by atoms with Crippen molar-refractivity contribution in [3.63, 3.8) is 0 Å². The van der Waals surface area contributed by atoms with Crippen LogP contribution in [0.1, 0.15) is 12.5 Å². The second-order valence-electron chi connectivity index (χ2n) is 3.53. The van der Waals surface area contributed by atoms with Gasteiger partial charge in [0.25, 0.3) is 0 Å². The van der Waals surface area contributed by atoms with E-state index < -0.39 is 0 Å². The SMILES string of the molecule is C=C(C)CNC(=O)/C=C/c1ccccc1F. The van der Waals surface area contributed by atoms with Gasteiger partial charge in [-0.2, -0.15) is 0 Å². The van der Waals surface area contributed by atoms with E-state index in [1.807, 2.05) is 6.92 Å². The first-order valence-corrected chi connectivity index (χ1v) is 4.94. The van der Waals surface area contributed by atoms with Crippen LogP contribution < -0.4 is 5.32 Å². The van der Waals surface area contributed by atoms with E-state index in [0.29, 0.717) is 12.1 Å². The number of halogens is 1. The maximum absolute atomic E-state index is 13.2. The molecule has 3 heteroatoms. The number of nitrogens with one attached hydrogen (secondary N) is 1. The van der Waals surface area contributed by atoms with Crippen LogP contribution in [0.25, 0.3) is 6.08 Å². The van der Waals surface area contributed by atoms with Crippen LogP contribution in [0.15, 0.2) is 42.5 Å². The third-order valence-electron chi connectivity index (χ3n) is 1.88. The van der Waals surface area contributed by atoms with Crippen LogP contribution in [0.3, 0.4) is 0 Å². The molecule has 1 amide bonds. The summed E-state index contributed by atoms with van der Waals surface area (Å²) < 4.78 is 13.2. The van der Waals surface area contributed by atoms with Gasteiger partial charge in [0.05, 0.1) is 0 Å². The van der Waals surface area contributed by atoms with Gasteiger partial charge in [0.1, 0.15) is 5.82 Å². The Morgan fingerprint density at radius 2 is 2.19 bits per heavy atom. The lowest BCUT2D eigenvalue weighted by atomic mass is 10.2. The number of amides is 1. The van der Waals surface area contributed by atoms with Crippen LogP contribution in [-0.4, -0.2) is 12.5 Å². The fraction of sp³-hybridized carbons (Fsp3) is 0.154. The molecule has 0 aliphatic carbocycles. The number of hydrogen-bond acceptors (Lipinski definition) is 1. The summed E-state index contributed by atoms with van der Waals surface area (Å²) in [7, 11) is 0. The van der Waals surface area contributed by atoms with E-state index in [2.05, 4.69) is 11.9 Å². The van der Waals surface area contributed by atoms with Crippen LogP contribution in [0, 0.1) is 5.82 Å². The predicted octanol–water partition coefficient (Wildman–Crippen LogP) is 2.53. The smallest absolute Gasteiger partial charge is 0.244 e. The number of benzene rings is 1. The first kappa shape index (κ1) is 12.2. The van der Waals surface area contributed by atoms with Crippen molar-refractivity contribution < 1.29 is 9.18 Å². The zero-order valence-electron chi connectivity index (χ0n) is 9.16. The van der Waals surface area contributed by atoms with E-state index in [-0.39, 0.29) is 11.7 Å². The minimum absolute atomic E-state index is 0.258. The van der Waals surface area contributed by atoms with Crippen molar-refractivity contribution >= 4 is 12.0 Å². The van der Waals surface area contributed by atoms with E-state index in [0.717, 1.165) is 5.57 Å². The molecule has 0 bridgehead atoms. The molecule has 0 unspecified atom stereocenters. The average molecular weight is 219 g/mol. The predicted molar refractivity (Wildman–Crippen MR) is 63.3 cm³/mol. The summed E-state index contributed by atoms with van der Waals surface area (Å²) in [6.45, 7) is 5.91. The molecule has 1 aromatic rings. The molecule has 1 aromatic carbocycles. The highest BCUT2D eigenvalue weighted by Gasteiger charge is 1.97. The van der Waals surface area contributed by atoms with Gasteiger partial charge < -0.3 is 5.32 Å². The van der Waals surface area contributed by atoms with E-state index >= 15 is 0 Å². The summed E-state index contributed by atoms with van der Waals surface area (Å²) in [4.78, 5) is 11.3. The van der Waals surface area contributed by atoms with Gasteiger partial charge in [-0.3, -0.25) is 4.79 Å². The summed E-state index contributed by atoms with van der Waals surface area (Å²) in [5.41, 5.74) is 1.26. The number of rotatable bonds is 4. The molecule has 0 heterocycles. The molecule has 0 fully saturated rings. The van der Waals surface area contributed by atoms with Crippen LogP contribution >= 0.6 is 0 Å². The fourth-order valence-corrected chi connectivity index (χ4v) is 1.07. The summed E-state index contributed by atoms with van der Waals surface area (Å²) in [6.07, 6.45) is 2.75. The fourth-order valence-electron chi connectivity index (χ4n) is 1.07.